The molecule has 0 spiro atoms. The van der Waals surface area contributed by atoms with Gasteiger partial charge in [0.05, 0.1) is 6.10 Å². The van der Waals surface area contributed by atoms with Crippen LogP contribution in [0.15, 0.2) is 24.3 Å². The summed E-state index contributed by atoms with van der Waals surface area (Å²) >= 11 is 1.67. The van der Waals surface area contributed by atoms with E-state index >= 15 is 0 Å². The van der Waals surface area contributed by atoms with Gasteiger partial charge in [-0.15, -0.1) is 0 Å². The highest BCUT2D eigenvalue weighted by atomic mass is 32.2. The molecule has 0 fully saturated rings. The van der Waals surface area contributed by atoms with Crippen LogP contribution in [0, 0.1) is 5.92 Å². The summed E-state index contributed by atoms with van der Waals surface area (Å²) in [7, 11) is 0. The zero-order valence-corrected chi connectivity index (χ0v) is 10.6. The Morgan fingerprint density at radius 2 is 1.80 bits per heavy atom. The van der Waals surface area contributed by atoms with Gasteiger partial charge in [0.1, 0.15) is 0 Å². The Morgan fingerprint density at radius 3 is 2.27 bits per heavy atom. The van der Waals surface area contributed by atoms with Crippen LogP contribution in [-0.2, 0) is 6.42 Å². The maximum Gasteiger partial charge on any atom is 0.0880 e. The fraction of sp³-hybridized carbons (Fsp3) is 0.538. The summed E-state index contributed by atoms with van der Waals surface area (Å²) in [6.45, 7) is 4.44. The zero-order valence-electron chi connectivity index (χ0n) is 9.73. The van der Waals surface area contributed by atoms with Gasteiger partial charge in [0.2, 0.25) is 0 Å². The van der Waals surface area contributed by atoms with E-state index < -0.39 is 0 Å². The van der Waals surface area contributed by atoms with Crippen molar-refractivity contribution in [3.63, 3.8) is 0 Å². The SMILES string of the molecule is CSCC(O)c1ccc(CC(C)C)cc1. The number of thioether (sulfide) groups is 1. The fourth-order valence-electron chi connectivity index (χ4n) is 1.60. The van der Waals surface area contributed by atoms with E-state index in [1.54, 1.807) is 11.8 Å². The number of aliphatic hydroxyl groups excluding tert-OH is 1. The van der Waals surface area contributed by atoms with Gasteiger partial charge in [-0.1, -0.05) is 38.1 Å². The first kappa shape index (κ1) is 12.6. The Hall–Kier alpha value is -0.470. The van der Waals surface area contributed by atoms with Crippen molar-refractivity contribution < 1.29 is 5.11 Å². The molecule has 0 saturated carbocycles. The van der Waals surface area contributed by atoms with E-state index in [4.69, 9.17) is 0 Å². The van der Waals surface area contributed by atoms with Crippen LogP contribution in [0.25, 0.3) is 0 Å². The van der Waals surface area contributed by atoms with Crippen LogP contribution >= 0.6 is 11.8 Å². The lowest BCUT2D eigenvalue weighted by atomic mass is 10.0. The van der Waals surface area contributed by atoms with Gasteiger partial charge in [0, 0.05) is 5.75 Å². The minimum Gasteiger partial charge on any atom is -0.388 e. The molecule has 1 N–H and O–H groups in total. The van der Waals surface area contributed by atoms with Gasteiger partial charge in [0.15, 0.2) is 0 Å². The monoisotopic (exact) mass is 224 g/mol. The number of hydrogen-bond acceptors (Lipinski definition) is 2. The van der Waals surface area contributed by atoms with Crippen LogP contribution in [0.5, 0.6) is 0 Å². The van der Waals surface area contributed by atoms with E-state index in [2.05, 4.69) is 26.0 Å². The molecule has 84 valence electrons. The van der Waals surface area contributed by atoms with Gasteiger partial charge in [-0.25, -0.2) is 0 Å². The summed E-state index contributed by atoms with van der Waals surface area (Å²) in [6.07, 6.45) is 2.79. The lowest BCUT2D eigenvalue weighted by Crippen LogP contribution is -2.01. The van der Waals surface area contributed by atoms with Crippen molar-refractivity contribution in [2.24, 2.45) is 5.92 Å². The van der Waals surface area contributed by atoms with Gasteiger partial charge >= 0.3 is 0 Å². The van der Waals surface area contributed by atoms with Crippen molar-refractivity contribution in [3.8, 4) is 0 Å². The van der Waals surface area contributed by atoms with E-state index in [9.17, 15) is 5.11 Å². The van der Waals surface area contributed by atoms with Gasteiger partial charge in [-0.05, 0) is 29.7 Å². The smallest absolute Gasteiger partial charge is 0.0880 e. The molecule has 2 heteroatoms. The quantitative estimate of drug-likeness (QED) is 0.828. The first-order valence-electron chi connectivity index (χ1n) is 5.39. The minimum atomic E-state index is -0.326. The summed E-state index contributed by atoms with van der Waals surface area (Å²) < 4.78 is 0. The van der Waals surface area contributed by atoms with Crippen molar-refractivity contribution in [1.82, 2.24) is 0 Å². The second kappa shape index (κ2) is 6.19. The molecular weight excluding hydrogens is 204 g/mol. The maximum atomic E-state index is 9.77. The van der Waals surface area contributed by atoms with Crippen LogP contribution in [0.3, 0.4) is 0 Å². The number of rotatable bonds is 5. The molecule has 0 heterocycles. The van der Waals surface area contributed by atoms with E-state index in [0.717, 1.165) is 17.7 Å². The Bertz CT molecular complexity index is 279. The fourth-order valence-corrected chi connectivity index (χ4v) is 2.11. The summed E-state index contributed by atoms with van der Waals surface area (Å²) in [5.41, 5.74) is 2.38. The van der Waals surface area contributed by atoms with Crippen molar-refractivity contribution in [2.75, 3.05) is 12.0 Å². The summed E-state index contributed by atoms with van der Waals surface area (Å²) in [4.78, 5) is 0. The Balaban J connectivity index is 2.63. The minimum absolute atomic E-state index is 0.326. The van der Waals surface area contributed by atoms with E-state index in [-0.39, 0.29) is 6.10 Å². The molecule has 0 amide bonds. The molecule has 1 nitrogen and oxygen atoms in total. The third-order valence-corrected chi connectivity index (χ3v) is 2.98. The summed E-state index contributed by atoms with van der Waals surface area (Å²) in [5, 5.41) is 9.77. The highest BCUT2D eigenvalue weighted by Gasteiger charge is 2.06. The van der Waals surface area contributed by atoms with Crippen LogP contribution in [-0.4, -0.2) is 17.1 Å². The molecule has 1 aromatic carbocycles. The molecule has 0 bridgehead atoms. The second-order valence-electron chi connectivity index (χ2n) is 4.31. The number of hydrogen-bond donors (Lipinski definition) is 1. The molecule has 0 radical (unpaired) electrons. The normalized spacial score (nSPS) is 13.1. The first-order chi connectivity index (χ1) is 7.13. The largest absolute Gasteiger partial charge is 0.388 e. The molecule has 0 aliphatic carbocycles. The zero-order chi connectivity index (χ0) is 11.3. The lowest BCUT2D eigenvalue weighted by molar-refractivity contribution is 0.204. The molecular formula is C13H20OS. The second-order valence-corrected chi connectivity index (χ2v) is 5.22. The number of benzene rings is 1. The topological polar surface area (TPSA) is 20.2 Å². The van der Waals surface area contributed by atoms with Crippen molar-refractivity contribution in [2.45, 2.75) is 26.4 Å². The Morgan fingerprint density at radius 1 is 1.20 bits per heavy atom. The van der Waals surface area contributed by atoms with E-state index in [1.165, 1.54) is 5.56 Å². The molecule has 0 aliphatic heterocycles. The third-order valence-electron chi connectivity index (χ3n) is 2.33. The van der Waals surface area contributed by atoms with Crippen molar-refractivity contribution in [3.05, 3.63) is 35.4 Å². The van der Waals surface area contributed by atoms with Crippen LogP contribution in [0.1, 0.15) is 31.1 Å². The highest BCUT2D eigenvalue weighted by molar-refractivity contribution is 7.98. The van der Waals surface area contributed by atoms with Gasteiger partial charge < -0.3 is 5.11 Å². The van der Waals surface area contributed by atoms with Crippen molar-refractivity contribution in [1.29, 1.82) is 0 Å². The first-order valence-corrected chi connectivity index (χ1v) is 6.78. The molecule has 1 aromatic rings. The van der Waals surface area contributed by atoms with Gasteiger partial charge in [-0.2, -0.15) is 11.8 Å². The predicted molar refractivity (Wildman–Crippen MR) is 68.3 cm³/mol. The Kier molecular flexibility index (Phi) is 5.20. The lowest BCUT2D eigenvalue weighted by Gasteiger charge is -2.10. The average molecular weight is 224 g/mol. The van der Waals surface area contributed by atoms with Crippen molar-refractivity contribution >= 4 is 11.8 Å². The molecule has 0 aliphatic rings. The molecule has 0 aromatic heterocycles. The molecule has 1 rings (SSSR count). The number of aliphatic hydroxyl groups is 1. The Labute approximate surface area is 96.9 Å². The standard InChI is InChI=1S/C13H20OS/c1-10(2)8-11-4-6-12(7-5-11)13(14)9-15-3/h4-7,10,13-14H,8-9H2,1-3H3. The van der Waals surface area contributed by atoms with Crippen LogP contribution in [0.4, 0.5) is 0 Å². The van der Waals surface area contributed by atoms with Crippen LogP contribution in [0.2, 0.25) is 0 Å². The maximum absolute atomic E-state index is 9.77. The van der Waals surface area contributed by atoms with E-state index in [0.29, 0.717) is 5.92 Å². The van der Waals surface area contributed by atoms with Gasteiger partial charge in [-0.3, -0.25) is 0 Å². The van der Waals surface area contributed by atoms with Gasteiger partial charge in [0.25, 0.3) is 0 Å². The molecule has 15 heavy (non-hydrogen) atoms. The highest BCUT2D eigenvalue weighted by Crippen LogP contribution is 2.18. The molecule has 1 unspecified atom stereocenters. The average Bonchev–Trinajstić information content (AvgIpc) is 2.18. The molecule has 0 saturated heterocycles. The summed E-state index contributed by atoms with van der Waals surface area (Å²) in [6, 6.07) is 8.33. The van der Waals surface area contributed by atoms with Crippen LogP contribution < -0.4 is 0 Å². The van der Waals surface area contributed by atoms with E-state index in [1.807, 2.05) is 18.4 Å². The predicted octanol–water partition coefficient (Wildman–Crippen LogP) is 3.28. The molecule has 1 atom stereocenters. The third kappa shape index (κ3) is 4.27. The summed E-state index contributed by atoms with van der Waals surface area (Å²) in [5.74, 6) is 1.45.